The van der Waals surface area contributed by atoms with Crippen LogP contribution in [0, 0.1) is 0 Å². The summed E-state index contributed by atoms with van der Waals surface area (Å²) in [6, 6.07) is 4.45. The first kappa shape index (κ1) is 13.4. The minimum atomic E-state index is -3.56. The van der Waals surface area contributed by atoms with Crippen molar-refractivity contribution in [2.75, 3.05) is 0 Å². The number of benzene rings is 1. The number of H-pyrrole nitrogens is 1. The van der Waals surface area contributed by atoms with Crippen molar-refractivity contribution in [3.8, 4) is 0 Å². The van der Waals surface area contributed by atoms with Gasteiger partial charge in [-0.3, -0.25) is 4.98 Å². The van der Waals surface area contributed by atoms with E-state index in [-0.39, 0.29) is 22.6 Å². The van der Waals surface area contributed by atoms with Crippen LogP contribution in [0.4, 0.5) is 0 Å². The molecule has 1 saturated carbocycles. The second-order valence-corrected chi connectivity index (χ2v) is 7.18. The summed E-state index contributed by atoms with van der Waals surface area (Å²) in [7, 11) is -3.56. The lowest BCUT2D eigenvalue weighted by Crippen LogP contribution is -2.38. The second kappa shape index (κ2) is 4.46. The highest BCUT2D eigenvalue weighted by atomic mass is 32.2. The van der Waals surface area contributed by atoms with Crippen molar-refractivity contribution in [3.63, 3.8) is 0 Å². The van der Waals surface area contributed by atoms with E-state index in [4.69, 9.17) is 4.42 Å². The first-order chi connectivity index (χ1) is 9.39. The molecule has 1 heterocycles. The summed E-state index contributed by atoms with van der Waals surface area (Å²) in [5.41, 5.74) is 0.757. The largest absolute Gasteiger partial charge is 0.417 e. The molecule has 6 nitrogen and oxygen atoms in total. The summed E-state index contributed by atoms with van der Waals surface area (Å²) in [6.07, 6.45) is 1.80. The van der Waals surface area contributed by atoms with Gasteiger partial charge in [-0.25, -0.2) is 13.2 Å². The summed E-state index contributed by atoms with van der Waals surface area (Å²) in [5.74, 6) is -0.586. The smallest absolute Gasteiger partial charge is 0.408 e. The van der Waals surface area contributed by atoms with Crippen LogP contribution in [0.3, 0.4) is 0 Å². The quantitative estimate of drug-likeness (QED) is 0.930. The molecule has 1 aliphatic carbocycles. The van der Waals surface area contributed by atoms with E-state index in [9.17, 15) is 13.2 Å². The number of fused-ring (bicyclic) bond motifs is 1. The Bertz CT molecular complexity index is 797. The Kier molecular flexibility index (Phi) is 2.98. The summed E-state index contributed by atoms with van der Waals surface area (Å²) in [5, 5.41) is 0. The Balaban J connectivity index is 2.09. The van der Waals surface area contributed by atoms with Gasteiger partial charge in [0.25, 0.3) is 0 Å². The zero-order valence-electron chi connectivity index (χ0n) is 11.3. The average Bonchev–Trinajstić information content (AvgIpc) is 3.07. The second-order valence-electron chi connectivity index (χ2n) is 5.33. The van der Waals surface area contributed by atoms with Crippen molar-refractivity contribution < 1.29 is 12.8 Å². The molecule has 0 spiro atoms. The molecule has 0 radical (unpaired) electrons. The molecule has 0 bridgehead atoms. The fourth-order valence-corrected chi connectivity index (χ4v) is 4.33. The van der Waals surface area contributed by atoms with Gasteiger partial charge in [0.1, 0.15) is 0 Å². The molecule has 1 N–H and O–H groups in total. The zero-order valence-corrected chi connectivity index (χ0v) is 12.1. The third-order valence-electron chi connectivity index (χ3n) is 3.38. The fraction of sp³-hybridized carbons (Fsp3) is 0.462. The third kappa shape index (κ3) is 2.16. The van der Waals surface area contributed by atoms with E-state index >= 15 is 0 Å². The maximum atomic E-state index is 12.7. The molecule has 1 aliphatic rings. The summed E-state index contributed by atoms with van der Waals surface area (Å²) in [6.45, 7) is 3.73. The van der Waals surface area contributed by atoms with Gasteiger partial charge in [-0.2, -0.15) is 4.31 Å². The fourth-order valence-electron chi connectivity index (χ4n) is 2.43. The van der Waals surface area contributed by atoms with Gasteiger partial charge in [0.15, 0.2) is 5.58 Å². The van der Waals surface area contributed by atoms with Gasteiger partial charge in [-0.05, 0) is 38.8 Å². The van der Waals surface area contributed by atoms with E-state index in [0.717, 1.165) is 12.8 Å². The Morgan fingerprint density at radius 3 is 2.65 bits per heavy atom. The molecule has 0 unspecified atom stereocenters. The van der Waals surface area contributed by atoms with Crippen LogP contribution in [0.15, 0.2) is 32.3 Å². The van der Waals surface area contributed by atoms with E-state index in [1.807, 2.05) is 13.8 Å². The van der Waals surface area contributed by atoms with Crippen molar-refractivity contribution in [1.29, 1.82) is 0 Å². The molecule has 0 saturated heterocycles. The molecule has 3 rings (SSSR count). The molecule has 0 aliphatic heterocycles. The lowest BCUT2D eigenvalue weighted by Gasteiger charge is -2.25. The van der Waals surface area contributed by atoms with Gasteiger partial charge in [-0.1, -0.05) is 0 Å². The minimum absolute atomic E-state index is 0.0916. The molecule has 0 atom stereocenters. The topological polar surface area (TPSA) is 83.4 Å². The molecule has 1 aromatic carbocycles. The summed E-state index contributed by atoms with van der Waals surface area (Å²) >= 11 is 0. The molecule has 20 heavy (non-hydrogen) atoms. The van der Waals surface area contributed by atoms with Crippen LogP contribution >= 0.6 is 0 Å². The molecule has 7 heteroatoms. The van der Waals surface area contributed by atoms with Gasteiger partial charge >= 0.3 is 5.76 Å². The lowest BCUT2D eigenvalue weighted by atomic mass is 10.3. The molecular formula is C13H16N2O4S. The van der Waals surface area contributed by atoms with Crippen molar-refractivity contribution >= 4 is 21.1 Å². The third-order valence-corrected chi connectivity index (χ3v) is 5.51. The van der Waals surface area contributed by atoms with Crippen LogP contribution < -0.4 is 5.76 Å². The predicted molar refractivity (Wildman–Crippen MR) is 74.0 cm³/mol. The van der Waals surface area contributed by atoms with Crippen molar-refractivity contribution in [3.05, 3.63) is 28.7 Å². The number of aromatic amines is 1. The maximum Gasteiger partial charge on any atom is 0.417 e. The van der Waals surface area contributed by atoms with Gasteiger partial charge < -0.3 is 4.42 Å². The number of nitrogens with zero attached hydrogens (tertiary/aromatic N) is 1. The predicted octanol–water partition coefficient (Wildman–Crippen LogP) is 1.68. The van der Waals surface area contributed by atoms with Crippen molar-refractivity contribution in [1.82, 2.24) is 9.29 Å². The van der Waals surface area contributed by atoms with E-state index in [1.54, 1.807) is 10.4 Å². The standard InChI is InChI=1S/C13H16N2O4S/c1-8(2)15(9-3-4-9)20(17,18)10-5-6-11-12(7-10)19-13(16)14-11/h5-9H,3-4H2,1-2H3,(H,14,16). The highest BCUT2D eigenvalue weighted by Crippen LogP contribution is 2.34. The molecular weight excluding hydrogens is 280 g/mol. The van der Waals surface area contributed by atoms with E-state index in [1.165, 1.54) is 12.1 Å². The first-order valence-corrected chi connectivity index (χ1v) is 8.00. The van der Waals surface area contributed by atoms with Crippen LogP contribution in [0.5, 0.6) is 0 Å². The Morgan fingerprint density at radius 1 is 1.35 bits per heavy atom. The van der Waals surface area contributed by atoms with E-state index in [2.05, 4.69) is 4.98 Å². The number of hydrogen-bond acceptors (Lipinski definition) is 4. The van der Waals surface area contributed by atoms with Crippen LogP contribution in [-0.2, 0) is 10.0 Å². The van der Waals surface area contributed by atoms with Gasteiger partial charge in [0, 0.05) is 18.2 Å². The number of nitrogens with one attached hydrogen (secondary N) is 1. The highest BCUT2D eigenvalue weighted by molar-refractivity contribution is 7.89. The molecule has 0 amide bonds. The van der Waals surface area contributed by atoms with Gasteiger partial charge in [-0.15, -0.1) is 0 Å². The number of rotatable bonds is 4. The van der Waals surface area contributed by atoms with Crippen molar-refractivity contribution in [2.24, 2.45) is 0 Å². The molecule has 2 aromatic rings. The first-order valence-electron chi connectivity index (χ1n) is 6.56. The van der Waals surface area contributed by atoms with E-state index < -0.39 is 15.8 Å². The average molecular weight is 296 g/mol. The lowest BCUT2D eigenvalue weighted by molar-refractivity contribution is 0.346. The monoisotopic (exact) mass is 296 g/mol. The normalized spacial score (nSPS) is 16.4. The summed E-state index contributed by atoms with van der Waals surface area (Å²) in [4.78, 5) is 13.8. The van der Waals surface area contributed by atoms with Gasteiger partial charge in [0.2, 0.25) is 10.0 Å². The van der Waals surface area contributed by atoms with Crippen molar-refractivity contribution in [2.45, 2.75) is 43.7 Å². The summed E-state index contributed by atoms with van der Waals surface area (Å²) < 4.78 is 31.9. The molecule has 1 fully saturated rings. The highest BCUT2D eigenvalue weighted by Gasteiger charge is 2.39. The van der Waals surface area contributed by atoms with Crippen LogP contribution in [-0.4, -0.2) is 29.8 Å². The molecule has 1 aromatic heterocycles. The van der Waals surface area contributed by atoms with Crippen LogP contribution in [0.2, 0.25) is 0 Å². The number of aromatic nitrogens is 1. The number of oxazole rings is 1. The maximum absolute atomic E-state index is 12.7. The number of sulfonamides is 1. The minimum Gasteiger partial charge on any atom is -0.408 e. The number of hydrogen-bond donors (Lipinski definition) is 1. The Labute approximate surface area is 116 Å². The Morgan fingerprint density at radius 2 is 2.05 bits per heavy atom. The van der Waals surface area contributed by atoms with E-state index in [0.29, 0.717) is 5.52 Å². The van der Waals surface area contributed by atoms with Crippen LogP contribution in [0.25, 0.3) is 11.1 Å². The Hall–Kier alpha value is -1.60. The van der Waals surface area contributed by atoms with Crippen LogP contribution in [0.1, 0.15) is 26.7 Å². The SMILES string of the molecule is CC(C)N(C1CC1)S(=O)(=O)c1ccc2[nH]c(=O)oc2c1. The molecule has 108 valence electrons. The van der Waals surface area contributed by atoms with Gasteiger partial charge in [0.05, 0.1) is 10.4 Å². The zero-order chi connectivity index (χ0) is 14.5.